The van der Waals surface area contributed by atoms with Crippen molar-refractivity contribution in [3.05, 3.63) is 58.6 Å². The molecule has 0 radical (unpaired) electrons. The number of hydrogen-bond acceptors (Lipinski definition) is 7. The quantitative estimate of drug-likeness (QED) is 0.734. The van der Waals surface area contributed by atoms with E-state index < -0.39 is 5.91 Å². The van der Waals surface area contributed by atoms with Crippen LogP contribution in [-0.4, -0.2) is 21.3 Å². The van der Waals surface area contributed by atoms with Crippen molar-refractivity contribution in [2.24, 2.45) is 0 Å². The monoisotopic (exact) mass is 342 g/mol. The lowest BCUT2D eigenvalue weighted by Crippen LogP contribution is -2.23. The minimum absolute atomic E-state index is 0.126. The van der Waals surface area contributed by atoms with E-state index in [1.807, 2.05) is 32.0 Å². The molecule has 8 heteroatoms. The predicted octanol–water partition coefficient (Wildman–Crippen LogP) is 2.49. The van der Waals surface area contributed by atoms with Crippen LogP contribution in [0.4, 0.5) is 0 Å². The molecule has 0 saturated carbocycles. The number of ether oxygens (including phenoxy) is 1. The summed E-state index contributed by atoms with van der Waals surface area (Å²) in [6, 6.07) is 7.50. The van der Waals surface area contributed by atoms with Gasteiger partial charge in [0, 0.05) is 13.0 Å². The topological polar surface area (TPSA) is 103 Å². The van der Waals surface area contributed by atoms with Crippen molar-refractivity contribution in [2.45, 2.75) is 33.9 Å². The molecule has 3 aromatic rings. The highest BCUT2D eigenvalue weighted by Gasteiger charge is 2.14. The van der Waals surface area contributed by atoms with E-state index in [-0.39, 0.29) is 18.8 Å². The van der Waals surface area contributed by atoms with Gasteiger partial charge in [-0.15, -0.1) is 10.2 Å². The van der Waals surface area contributed by atoms with Crippen LogP contribution in [0.15, 0.2) is 33.2 Å². The van der Waals surface area contributed by atoms with Gasteiger partial charge in [0.2, 0.25) is 11.8 Å². The summed E-state index contributed by atoms with van der Waals surface area (Å²) in [5.74, 6) is 1.61. The maximum Gasteiger partial charge on any atom is 0.273 e. The van der Waals surface area contributed by atoms with Crippen LogP contribution < -0.4 is 10.1 Å². The van der Waals surface area contributed by atoms with Crippen LogP contribution in [0, 0.1) is 20.8 Å². The second-order valence-corrected chi connectivity index (χ2v) is 5.63. The number of carbonyl (C=O) groups excluding carboxylic acids is 1. The lowest BCUT2D eigenvalue weighted by Gasteiger charge is -2.07. The summed E-state index contributed by atoms with van der Waals surface area (Å²) in [4.78, 5) is 12.0. The van der Waals surface area contributed by atoms with Crippen molar-refractivity contribution in [3.63, 3.8) is 0 Å². The largest absolute Gasteiger partial charge is 0.485 e. The van der Waals surface area contributed by atoms with Gasteiger partial charge >= 0.3 is 0 Å². The molecule has 3 rings (SSSR count). The molecule has 0 aliphatic rings. The zero-order valence-corrected chi connectivity index (χ0v) is 14.2. The number of aromatic nitrogens is 3. The van der Waals surface area contributed by atoms with E-state index in [1.165, 1.54) is 0 Å². The smallest absolute Gasteiger partial charge is 0.273 e. The fraction of sp³-hybridized carbons (Fsp3) is 0.294. The van der Waals surface area contributed by atoms with Gasteiger partial charge < -0.3 is 19.0 Å². The maximum atomic E-state index is 12.0. The summed E-state index contributed by atoms with van der Waals surface area (Å²) in [5, 5.41) is 13.9. The number of nitrogens with one attached hydrogen (secondary N) is 1. The van der Waals surface area contributed by atoms with Crippen LogP contribution in [0.3, 0.4) is 0 Å². The number of aryl methyl sites for hydroxylation is 3. The van der Waals surface area contributed by atoms with Gasteiger partial charge in [0.25, 0.3) is 5.91 Å². The van der Waals surface area contributed by atoms with Crippen molar-refractivity contribution in [3.8, 4) is 5.75 Å². The average Bonchev–Trinajstić information content (AvgIpc) is 3.22. The third-order valence-electron chi connectivity index (χ3n) is 3.47. The zero-order valence-electron chi connectivity index (χ0n) is 14.2. The molecule has 0 saturated heterocycles. The summed E-state index contributed by atoms with van der Waals surface area (Å²) in [5.41, 5.74) is 2.29. The first-order valence-electron chi connectivity index (χ1n) is 7.74. The normalized spacial score (nSPS) is 10.7. The SMILES string of the molecule is Cc1ccc(C)c(OCc2cc(C(=O)NCc3nnc(C)o3)no2)c1. The Kier molecular flexibility index (Phi) is 4.78. The van der Waals surface area contributed by atoms with Crippen LogP contribution in [0.2, 0.25) is 0 Å². The van der Waals surface area contributed by atoms with Gasteiger partial charge in [-0.3, -0.25) is 4.79 Å². The second-order valence-electron chi connectivity index (χ2n) is 5.63. The van der Waals surface area contributed by atoms with Gasteiger partial charge in [0.1, 0.15) is 12.4 Å². The van der Waals surface area contributed by atoms with Crippen molar-refractivity contribution >= 4 is 5.91 Å². The summed E-state index contributed by atoms with van der Waals surface area (Å²) in [6.45, 7) is 5.95. The molecule has 1 amide bonds. The molecule has 0 aliphatic carbocycles. The Morgan fingerprint density at radius 2 is 2.04 bits per heavy atom. The standard InChI is InChI=1S/C17H18N4O4/c1-10-4-5-11(2)15(6-10)23-9-13-7-14(21-25-13)17(22)18-8-16-20-19-12(3)24-16/h4-7H,8-9H2,1-3H3,(H,18,22). The molecule has 130 valence electrons. The number of hydrogen-bond donors (Lipinski definition) is 1. The Bertz CT molecular complexity index is 884. The third kappa shape index (κ3) is 4.23. The summed E-state index contributed by atoms with van der Waals surface area (Å²) in [7, 11) is 0. The molecule has 2 heterocycles. The molecule has 8 nitrogen and oxygen atoms in total. The first-order valence-corrected chi connectivity index (χ1v) is 7.74. The van der Waals surface area contributed by atoms with Gasteiger partial charge in [-0.1, -0.05) is 17.3 Å². The third-order valence-corrected chi connectivity index (χ3v) is 3.47. The molecule has 2 aromatic heterocycles. The highest BCUT2D eigenvalue weighted by Crippen LogP contribution is 2.20. The summed E-state index contributed by atoms with van der Waals surface area (Å²) in [6.07, 6.45) is 0. The highest BCUT2D eigenvalue weighted by molar-refractivity contribution is 5.92. The zero-order chi connectivity index (χ0) is 17.8. The summed E-state index contributed by atoms with van der Waals surface area (Å²) < 4.78 is 16.1. The molecule has 25 heavy (non-hydrogen) atoms. The fourth-order valence-corrected chi connectivity index (χ4v) is 2.16. The highest BCUT2D eigenvalue weighted by atomic mass is 16.5. The van der Waals surface area contributed by atoms with Crippen LogP contribution in [0.1, 0.15) is 39.2 Å². The first-order chi connectivity index (χ1) is 12.0. The average molecular weight is 342 g/mol. The van der Waals surface area contributed by atoms with Gasteiger partial charge in [-0.25, -0.2) is 0 Å². The molecular weight excluding hydrogens is 324 g/mol. The maximum absolute atomic E-state index is 12.0. The first kappa shape index (κ1) is 16.7. The van der Waals surface area contributed by atoms with E-state index in [1.54, 1.807) is 13.0 Å². The van der Waals surface area contributed by atoms with E-state index in [2.05, 4.69) is 20.7 Å². The Labute approximate surface area is 144 Å². The minimum atomic E-state index is -0.391. The number of nitrogens with zero attached hydrogens (tertiary/aromatic N) is 3. The van der Waals surface area contributed by atoms with E-state index in [0.717, 1.165) is 16.9 Å². The van der Waals surface area contributed by atoms with Crippen molar-refractivity contribution < 1.29 is 18.5 Å². The van der Waals surface area contributed by atoms with Gasteiger partial charge in [0.05, 0.1) is 6.54 Å². The van der Waals surface area contributed by atoms with Gasteiger partial charge in [-0.05, 0) is 31.0 Å². The van der Waals surface area contributed by atoms with Crippen LogP contribution in [0.25, 0.3) is 0 Å². The molecule has 1 aromatic carbocycles. The van der Waals surface area contributed by atoms with Crippen molar-refractivity contribution in [1.82, 2.24) is 20.7 Å². The Hall–Kier alpha value is -3.16. The number of benzene rings is 1. The van der Waals surface area contributed by atoms with Crippen molar-refractivity contribution in [1.29, 1.82) is 0 Å². The molecule has 0 fully saturated rings. The van der Waals surface area contributed by atoms with E-state index >= 15 is 0 Å². The summed E-state index contributed by atoms with van der Waals surface area (Å²) >= 11 is 0. The Balaban J connectivity index is 1.56. The van der Waals surface area contributed by atoms with Gasteiger partial charge in [0.15, 0.2) is 11.5 Å². The molecule has 0 spiro atoms. The lowest BCUT2D eigenvalue weighted by atomic mass is 10.1. The van der Waals surface area contributed by atoms with Gasteiger partial charge in [-0.2, -0.15) is 0 Å². The van der Waals surface area contributed by atoms with Crippen LogP contribution in [-0.2, 0) is 13.2 Å². The molecule has 0 bridgehead atoms. The fourth-order valence-electron chi connectivity index (χ4n) is 2.16. The second kappa shape index (κ2) is 7.16. The number of rotatable bonds is 6. The predicted molar refractivity (Wildman–Crippen MR) is 87.0 cm³/mol. The van der Waals surface area contributed by atoms with E-state index in [4.69, 9.17) is 13.7 Å². The van der Waals surface area contributed by atoms with E-state index in [0.29, 0.717) is 17.5 Å². The Morgan fingerprint density at radius 3 is 2.80 bits per heavy atom. The molecule has 1 N–H and O–H groups in total. The Morgan fingerprint density at radius 1 is 1.20 bits per heavy atom. The minimum Gasteiger partial charge on any atom is -0.485 e. The molecular formula is C17H18N4O4. The van der Waals surface area contributed by atoms with Crippen molar-refractivity contribution in [2.75, 3.05) is 0 Å². The molecule has 0 unspecified atom stereocenters. The number of carbonyl (C=O) groups is 1. The molecule has 0 atom stereocenters. The van der Waals surface area contributed by atoms with Crippen LogP contribution >= 0.6 is 0 Å². The lowest BCUT2D eigenvalue weighted by molar-refractivity contribution is 0.0937. The molecule has 0 aliphatic heterocycles. The number of amides is 1. The van der Waals surface area contributed by atoms with E-state index in [9.17, 15) is 4.79 Å². The van der Waals surface area contributed by atoms with Crippen LogP contribution in [0.5, 0.6) is 5.75 Å².